The molecule has 2 heterocycles. The lowest BCUT2D eigenvalue weighted by molar-refractivity contribution is 0.0205. The van der Waals surface area contributed by atoms with Crippen molar-refractivity contribution in [3.8, 4) is 0 Å². The zero-order valence-electron chi connectivity index (χ0n) is 14.4. The molecule has 0 unspecified atom stereocenters. The molecule has 0 aliphatic carbocycles. The summed E-state index contributed by atoms with van der Waals surface area (Å²) in [7, 11) is 0. The minimum absolute atomic E-state index is 0.207. The largest absolute Gasteiger partial charge is 0.444 e. The predicted molar refractivity (Wildman–Crippen MR) is 99.2 cm³/mol. The number of pyridine rings is 1. The van der Waals surface area contributed by atoms with Crippen molar-refractivity contribution in [2.75, 3.05) is 13.1 Å². The summed E-state index contributed by atoms with van der Waals surface area (Å²) < 4.78 is 6.52. The first kappa shape index (κ1) is 17.2. The molecular formula is C19H23BrN2O2. The van der Waals surface area contributed by atoms with Crippen molar-refractivity contribution in [2.45, 2.75) is 45.1 Å². The van der Waals surface area contributed by atoms with Crippen molar-refractivity contribution in [2.24, 2.45) is 0 Å². The second kappa shape index (κ2) is 6.71. The molecule has 2 aromatic rings. The second-order valence-corrected chi connectivity index (χ2v) is 8.26. The van der Waals surface area contributed by atoms with Crippen LogP contribution < -0.4 is 0 Å². The number of benzene rings is 1. The smallest absolute Gasteiger partial charge is 0.410 e. The predicted octanol–water partition coefficient (Wildman–Crippen LogP) is 5.11. The molecule has 1 aliphatic rings. The number of ether oxygens (including phenoxy) is 1. The number of nitrogens with zero attached hydrogens (tertiary/aromatic N) is 2. The van der Waals surface area contributed by atoms with Crippen molar-refractivity contribution in [1.82, 2.24) is 9.88 Å². The van der Waals surface area contributed by atoms with Crippen molar-refractivity contribution >= 4 is 32.9 Å². The number of amides is 1. The average Bonchev–Trinajstić information content (AvgIpc) is 2.52. The summed E-state index contributed by atoms with van der Waals surface area (Å²) >= 11 is 3.51. The fourth-order valence-corrected chi connectivity index (χ4v) is 3.44. The molecular weight excluding hydrogens is 368 g/mol. The normalized spacial score (nSPS) is 16.4. The summed E-state index contributed by atoms with van der Waals surface area (Å²) in [6.45, 7) is 7.16. The van der Waals surface area contributed by atoms with Gasteiger partial charge in [0.05, 0.1) is 5.52 Å². The van der Waals surface area contributed by atoms with Crippen LogP contribution in [-0.4, -0.2) is 34.7 Å². The highest BCUT2D eigenvalue weighted by Gasteiger charge is 2.27. The lowest BCUT2D eigenvalue weighted by Gasteiger charge is -2.33. The molecule has 1 aromatic carbocycles. The van der Waals surface area contributed by atoms with Gasteiger partial charge in [-0.2, -0.15) is 0 Å². The van der Waals surface area contributed by atoms with E-state index in [1.54, 1.807) is 0 Å². The van der Waals surface area contributed by atoms with Gasteiger partial charge >= 0.3 is 6.09 Å². The van der Waals surface area contributed by atoms with Crippen molar-refractivity contribution in [3.05, 3.63) is 40.5 Å². The minimum Gasteiger partial charge on any atom is -0.444 e. The molecule has 3 rings (SSSR count). The molecule has 0 saturated carbocycles. The van der Waals surface area contributed by atoms with Crippen LogP contribution in [0.2, 0.25) is 0 Å². The van der Waals surface area contributed by atoms with Crippen LogP contribution in [0.3, 0.4) is 0 Å². The Balaban J connectivity index is 1.67. The Labute approximate surface area is 151 Å². The topological polar surface area (TPSA) is 42.4 Å². The summed E-state index contributed by atoms with van der Waals surface area (Å²) in [6, 6.07) is 8.35. The van der Waals surface area contributed by atoms with Gasteiger partial charge in [-0.1, -0.05) is 15.9 Å². The zero-order valence-corrected chi connectivity index (χ0v) is 16.0. The molecule has 4 nitrogen and oxygen atoms in total. The molecule has 1 amide bonds. The maximum atomic E-state index is 12.2. The summed E-state index contributed by atoms with van der Waals surface area (Å²) in [5.74, 6) is 0.444. The van der Waals surface area contributed by atoms with E-state index >= 15 is 0 Å². The standard InChI is InChI=1S/C19H23BrN2O2/c1-19(2,3)24-18(23)22-8-6-13(7-9-22)15-10-14-11-16(20)4-5-17(14)21-12-15/h4-5,10-13H,6-9H2,1-3H3. The molecule has 1 saturated heterocycles. The van der Waals surface area contributed by atoms with Crippen LogP contribution in [0.25, 0.3) is 10.9 Å². The number of piperidine rings is 1. The Hall–Kier alpha value is -1.62. The van der Waals surface area contributed by atoms with Gasteiger partial charge in [-0.15, -0.1) is 0 Å². The highest BCUT2D eigenvalue weighted by molar-refractivity contribution is 9.10. The first-order valence-electron chi connectivity index (χ1n) is 8.35. The summed E-state index contributed by atoms with van der Waals surface area (Å²) in [5.41, 5.74) is 1.82. The quantitative estimate of drug-likeness (QED) is 0.678. The minimum atomic E-state index is -0.441. The van der Waals surface area contributed by atoms with Gasteiger partial charge in [-0.05, 0) is 69.4 Å². The lowest BCUT2D eigenvalue weighted by Crippen LogP contribution is -2.41. The molecule has 0 radical (unpaired) electrons. The molecule has 128 valence electrons. The maximum Gasteiger partial charge on any atom is 0.410 e. The van der Waals surface area contributed by atoms with Gasteiger partial charge in [0.25, 0.3) is 0 Å². The molecule has 1 aromatic heterocycles. The Morgan fingerprint density at radius 3 is 2.62 bits per heavy atom. The van der Waals surface area contributed by atoms with Gasteiger partial charge in [0.1, 0.15) is 5.60 Å². The van der Waals surface area contributed by atoms with E-state index in [0.717, 1.165) is 41.3 Å². The molecule has 0 atom stereocenters. The first-order chi connectivity index (χ1) is 11.3. The molecule has 1 fully saturated rings. The van der Waals surface area contributed by atoms with Crippen LogP contribution in [0, 0.1) is 0 Å². The number of likely N-dealkylation sites (tertiary alicyclic amines) is 1. The summed E-state index contributed by atoms with van der Waals surface area (Å²) in [4.78, 5) is 18.5. The number of rotatable bonds is 1. The number of aromatic nitrogens is 1. The third-order valence-electron chi connectivity index (χ3n) is 4.28. The Bertz CT molecular complexity index is 747. The second-order valence-electron chi connectivity index (χ2n) is 7.35. The molecule has 1 aliphatic heterocycles. The number of halogens is 1. The van der Waals surface area contributed by atoms with Crippen LogP contribution in [0.4, 0.5) is 4.79 Å². The van der Waals surface area contributed by atoms with Gasteiger partial charge in [0, 0.05) is 29.1 Å². The van der Waals surface area contributed by atoms with Crippen LogP contribution >= 0.6 is 15.9 Å². The fourth-order valence-electron chi connectivity index (χ4n) is 3.06. The van der Waals surface area contributed by atoms with Gasteiger partial charge in [-0.25, -0.2) is 4.79 Å². The van der Waals surface area contributed by atoms with E-state index in [9.17, 15) is 4.79 Å². The third kappa shape index (κ3) is 4.07. The molecule has 0 spiro atoms. The molecule has 24 heavy (non-hydrogen) atoms. The highest BCUT2D eigenvalue weighted by atomic mass is 79.9. The number of hydrogen-bond acceptors (Lipinski definition) is 3. The molecule has 0 bridgehead atoms. The zero-order chi connectivity index (χ0) is 17.3. The van der Waals surface area contributed by atoms with Crippen molar-refractivity contribution in [3.63, 3.8) is 0 Å². The van der Waals surface area contributed by atoms with Crippen LogP contribution in [0.5, 0.6) is 0 Å². The van der Waals surface area contributed by atoms with Gasteiger partial charge < -0.3 is 9.64 Å². The van der Waals surface area contributed by atoms with Crippen LogP contribution in [-0.2, 0) is 4.74 Å². The number of fused-ring (bicyclic) bond motifs is 1. The Morgan fingerprint density at radius 1 is 1.25 bits per heavy atom. The number of hydrogen-bond donors (Lipinski definition) is 0. The monoisotopic (exact) mass is 390 g/mol. The highest BCUT2D eigenvalue weighted by Crippen LogP contribution is 2.30. The van der Waals surface area contributed by atoms with E-state index in [-0.39, 0.29) is 6.09 Å². The van der Waals surface area contributed by atoms with E-state index < -0.39 is 5.60 Å². The van der Waals surface area contributed by atoms with E-state index in [1.807, 2.05) is 44.0 Å². The molecule has 5 heteroatoms. The van der Waals surface area contributed by atoms with Crippen LogP contribution in [0.15, 0.2) is 34.9 Å². The average molecular weight is 391 g/mol. The maximum absolute atomic E-state index is 12.2. The van der Waals surface area contributed by atoms with Gasteiger partial charge in [0.2, 0.25) is 0 Å². The van der Waals surface area contributed by atoms with Crippen LogP contribution in [0.1, 0.15) is 45.1 Å². The number of carbonyl (C=O) groups excluding carboxylic acids is 1. The van der Waals surface area contributed by atoms with E-state index in [1.165, 1.54) is 5.56 Å². The fraction of sp³-hybridized carbons (Fsp3) is 0.474. The summed E-state index contributed by atoms with van der Waals surface area (Å²) in [5, 5.41) is 1.15. The van der Waals surface area contributed by atoms with Crippen molar-refractivity contribution in [1.29, 1.82) is 0 Å². The Kier molecular flexibility index (Phi) is 4.81. The number of carbonyl (C=O) groups is 1. The van der Waals surface area contributed by atoms with Gasteiger partial charge in [-0.3, -0.25) is 4.98 Å². The van der Waals surface area contributed by atoms with E-state index in [4.69, 9.17) is 4.74 Å². The third-order valence-corrected chi connectivity index (χ3v) is 4.78. The van der Waals surface area contributed by atoms with E-state index in [0.29, 0.717) is 5.92 Å². The van der Waals surface area contributed by atoms with Gasteiger partial charge in [0.15, 0.2) is 0 Å². The molecule has 0 N–H and O–H groups in total. The lowest BCUT2D eigenvalue weighted by atomic mass is 9.90. The first-order valence-corrected chi connectivity index (χ1v) is 9.14. The SMILES string of the molecule is CC(C)(C)OC(=O)N1CCC(c2cnc3ccc(Br)cc3c2)CC1. The van der Waals surface area contributed by atoms with Crippen molar-refractivity contribution < 1.29 is 9.53 Å². The van der Waals surface area contributed by atoms with E-state index in [2.05, 4.69) is 33.0 Å². The Morgan fingerprint density at radius 2 is 1.96 bits per heavy atom. The summed E-state index contributed by atoms with van der Waals surface area (Å²) in [6.07, 6.45) is 3.66.